The van der Waals surface area contributed by atoms with Crippen molar-refractivity contribution in [1.29, 1.82) is 0 Å². The van der Waals surface area contributed by atoms with E-state index in [0.717, 1.165) is 37.8 Å². The lowest BCUT2D eigenvalue weighted by atomic mass is 9.88. The van der Waals surface area contributed by atoms with Gasteiger partial charge in [0.15, 0.2) is 5.60 Å². The molecule has 3 amide bonds. The Morgan fingerprint density at radius 3 is 2.61 bits per heavy atom. The zero-order chi connectivity index (χ0) is 29.7. The van der Waals surface area contributed by atoms with Crippen molar-refractivity contribution in [1.82, 2.24) is 10.6 Å². The lowest BCUT2D eigenvalue weighted by Gasteiger charge is -2.40. The van der Waals surface area contributed by atoms with Crippen LogP contribution in [0.15, 0.2) is 18.2 Å². The molecule has 1 aliphatic carbocycles. The number of amides is 3. The zero-order valence-corrected chi connectivity index (χ0v) is 25.8. The molecule has 3 aliphatic rings. The normalized spacial score (nSPS) is 22.6. The van der Waals surface area contributed by atoms with Crippen molar-refractivity contribution in [3.05, 3.63) is 18.2 Å². The summed E-state index contributed by atoms with van der Waals surface area (Å²) >= 11 is 0. The second-order valence-electron chi connectivity index (χ2n) is 12.9. The van der Waals surface area contributed by atoms with Crippen molar-refractivity contribution in [2.24, 2.45) is 17.8 Å². The summed E-state index contributed by atoms with van der Waals surface area (Å²) in [6, 6.07) is 6.03. The summed E-state index contributed by atoms with van der Waals surface area (Å²) in [6.45, 7) is 12.3. The Morgan fingerprint density at radius 2 is 1.95 bits per heavy atom. The van der Waals surface area contributed by atoms with Gasteiger partial charge in [-0.2, -0.15) is 0 Å². The van der Waals surface area contributed by atoms with Crippen LogP contribution in [0.2, 0.25) is 0 Å². The van der Waals surface area contributed by atoms with Crippen molar-refractivity contribution in [2.45, 2.75) is 97.2 Å². The number of carbonyl (C=O) groups is 3. The first-order valence-corrected chi connectivity index (χ1v) is 15.5. The highest BCUT2D eigenvalue weighted by molar-refractivity contribution is 6.04. The number of rotatable bonds is 13. The molecule has 2 fully saturated rings. The largest absolute Gasteiger partial charge is 0.476 e. The maximum Gasteiger partial charge on any atom is 0.270 e. The van der Waals surface area contributed by atoms with Gasteiger partial charge in [0.1, 0.15) is 5.75 Å². The van der Waals surface area contributed by atoms with Gasteiger partial charge in [0, 0.05) is 51.1 Å². The van der Waals surface area contributed by atoms with Gasteiger partial charge in [-0.05, 0) is 76.5 Å². The van der Waals surface area contributed by atoms with Crippen LogP contribution in [-0.2, 0) is 19.1 Å². The molecule has 1 saturated heterocycles. The first-order valence-electron chi connectivity index (χ1n) is 15.5. The summed E-state index contributed by atoms with van der Waals surface area (Å²) in [5.41, 5.74) is 0.491. The van der Waals surface area contributed by atoms with Crippen molar-refractivity contribution in [3.8, 4) is 5.75 Å². The third-order valence-electron chi connectivity index (χ3n) is 8.33. The number of nitrogens with one attached hydrogen (secondary N) is 2. The van der Waals surface area contributed by atoms with Gasteiger partial charge in [-0.15, -0.1) is 0 Å². The lowest BCUT2D eigenvalue weighted by molar-refractivity contribution is -0.132. The Labute approximate surface area is 245 Å². The summed E-state index contributed by atoms with van der Waals surface area (Å²) in [4.78, 5) is 44.3. The van der Waals surface area contributed by atoms with E-state index in [-0.39, 0.29) is 41.6 Å². The van der Waals surface area contributed by atoms with Gasteiger partial charge in [0.05, 0.1) is 17.5 Å². The van der Waals surface area contributed by atoms with Gasteiger partial charge in [-0.25, -0.2) is 0 Å². The Kier molecular flexibility index (Phi) is 10.3. The number of piperidine rings is 1. The Bertz CT molecular complexity index is 1090. The third kappa shape index (κ3) is 7.60. The minimum absolute atomic E-state index is 0.0408. The SMILES string of the molecule is CCCC(CC(C)C)NC(=O)[C@@H]1CNC[C@H](C(=O)N(c2ccc3c(c2)N(CCCOC)C(=O)C(C)(C)O3)C2CC2)C1. The smallest absolute Gasteiger partial charge is 0.270 e. The third-order valence-corrected chi connectivity index (χ3v) is 8.33. The molecule has 3 atom stereocenters. The molecule has 0 radical (unpaired) electrons. The predicted octanol–water partition coefficient (Wildman–Crippen LogP) is 4.28. The summed E-state index contributed by atoms with van der Waals surface area (Å²) in [5.74, 6) is 0.602. The molecular formula is C32H50N4O5. The molecule has 0 spiro atoms. The van der Waals surface area contributed by atoms with Crippen LogP contribution in [0.25, 0.3) is 0 Å². The quantitative estimate of drug-likeness (QED) is 0.344. The first-order chi connectivity index (χ1) is 19.6. The molecule has 0 bridgehead atoms. The van der Waals surface area contributed by atoms with Crippen LogP contribution in [0, 0.1) is 17.8 Å². The Hall–Kier alpha value is -2.65. The number of hydrogen-bond donors (Lipinski definition) is 2. The van der Waals surface area contributed by atoms with Crippen LogP contribution >= 0.6 is 0 Å². The number of methoxy groups -OCH3 is 1. The summed E-state index contributed by atoms with van der Waals surface area (Å²) < 4.78 is 11.3. The highest BCUT2D eigenvalue weighted by atomic mass is 16.5. The van der Waals surface area contributed by atoms with Crippen LogP contribution < -0.4 is 25.2 Å². The minimum Gasteiger partial charge on any atom is -0.476 e. The molecule has 9 heteroatoms. The molecule has 1 saturated carbocycles. The molecular weight excluding hydrogens is 520 g/mol. The fourth-order valence-electron chi connectivity index (χ4n) is 6.16. The van der Waals surface area contributed by atoms with Gasteiger partial charge in [-0.1, -0.05) is 27.2 Å². The van der Waals surface area contributed by atoms with Gasteiger partial charge < -0.3 is 29.9 Å². The highest BCUT2D eigenvalue weighted by Crippen LogP contribution is 2.43. The second-order valence-corrected chi connectivity index (χ2v) is 12.9. The van der Waals surface area contributed by atoms with Gasteiger partial charge in [-0.3, -0.25) is 14.4 Å². The average molecular weight is 571 g/mol. The van der Waals surface area contributed by atoms with Crippen LogP contribution in [-0.4, -0.2) is 68.8 Å². The molecule has 0 aromatic heterocycles. The fraction of sp³-hybridized carbons (Fsp3) is 0.719. The van der Waals surface area contributed by atoms with Crippen LogP contribution in [0.3, 0.4) is 0 Å². The number of fused-ring (bicyclic) bond motifs is 1. The van der Waals surface area contributed by atoms with Gasteiger partial charge >= 0.3 is 0 Å². The van der Waals surface area contributed by atoms with Crippen molar-refractivity contribution in [2.75, 3.05) is 43.2 Å². The van der Waals surface area contributed by atoms with E-state index >= 15 is 0 Å². The molecule has 2 N–H and O–H groups in total. The Balaban J connectivity index is 1.52. The number of carbonyl (C=O) groups excluding carboxylic acids is 3. The fourth-order valence-corrected chi connectivity index (χ4v) is 6.16. The highest BCUT2D eigenvalue weighted by Gasteiger charge is 2.43. The maximum absolute atomic E-state index is 14.1. The number of nitrogens with zero attached hydrogens (tertiary/aromatic N) is 2. The summed E-state index contributed by atoms with van der Waals surface area (Å²) in [6.07, 6.45) is 6.07. The first kappa shape index (κ1) is 31.3. The van der Waals surface area contributed by atoms with E-state index in [1.165, 1.54) is 0 Å². The molecule has 1 unspecified atom stereocenters. The predicted molar refractivity (Wildman–Crippen MR) is 161 cm³/mol. The monoisotopic (exact) mass is 570 g/mol. The standard InChI is InChI=1S/C32H50N4O5/c1-7-9-24(16-21(2)3)34-29(37)22-17-23(20-33-19-22)30(38)36(25-10-11-25)26-12-13-28-27(18-26)35(14-8-15-40-6)31(39)32(4,5)41-28/h12-13,18,21-25,33H,7-11,14-17,19-20H2,1-6H3,(H,34,37)/t22-,23+,24?/m0/s1. The summed E-state index contributed by atoms with van der Waals surface area (Å²) in [5, 5.41) is 6.65. The minimum atomic E-state index is -0.970. The van der Waals surface area contributed by atoms with E-state index in [4.69, 9.17) is 9.47 Å². The van der Waals surface area contributed by atoms with E-state index in [9.17, 15) is 14.4 Å². The van der Waals surface area contributed by atoms with E-state index in [2.05, 4.69) is 31.4 Å². The molecule has 1 aromatic carbocycles. The second kappa shape index (κ2) is 13.6. The molecule has 41 heavy (non-hydrogen) atoms. The van der Waals surface area contributed by atoms with Crippen molar-refractivity contribution in [3.63, 3.8) is 0 Å². The molecule has 2 aliphatic heterocycles. The summed E-state index contributed by atoms with van der Waals surface area (Å²) in [7, 11) is 1.65. The van der Waals surface area contributed by atoms with E-state index in [1.807, 2.05) is 23.1 Å². The molecule has 9 nitrogen and oxygen atoms in total. The number of anilines is 2. The van der Waals surface area contributed by atoms with Crippen LogP contribution in [0.5, 0.6) is 5.75 Å². The van der Waals surface area contributed by atoms with Crippen LogP contribution in [0.4, 0.5) is 11.4 Å². The topological polar surface area (TPSA) is 100 Å². The van der Waals surface area contributed by atoms with E-state index < -0.39 is 5.60 Å². The number of ether oxygens (including phenoxy) is 2. The van der Waals surface area contributed by atoms with Crippen LogP contribution in [0.1, 0.15) is 79.6 Å². The average Bonchev–Trinajstić information content (AvgIpc) is 3.76. The van der Waals surface area contributed by atoms with Gasteiger partial charge in [0.25, 0.3) is 5.91 Å². The lowest BCUT2D eigenvalue weighted by Crippen LogP contribution is -2.53. The molecule has 2 heterocycles. The van der Waals surface area contributed by atoms with E-state index in [0.29, 0.717) is 56.4 Å². The Morgan fingerprint density at radius 1 is 1.22 bits per heavy atom. The zero-order valence-electron chi connectivity index (χ0n) is 25.8. The van der Waals surface area contributed by atoms with Crippen molar-refractivity contribution < 1.29 is 23.9 Å². The van der Waals surface area contributed by atoms with Crippen molar-refractivity contribution >= 4 is 29.1 Å². The number of benzene rings is 1. The molecule has 1 aromatic rings. The number of hydrogen-bond acceptors (Lipinski definition) is 6. The molecule has 4 rings (SSSR count). The molecule has 228 valence electrons. The maximum atomic E-state index is 14.1. The van der Waals surface area contributed by atoms with Gasteiger partial charge in [0.2, 0.25) is 11.8 Å². The van der Waals surface area contributed by atoms with E-state index in [1.54, 1.807) is 25.9 Å².